The molecule has 0 atom stereocenters. The Balaban J connectivity index is 2.19. The first-order valence-electron chi connectivity index (χ1n) is 6.71. The molecule has 4 N–H and O–H groups in total. The number of carbonyl (C=O) groups excluding carboxylic acids is 2. The van der Waals surface area contributed by atoms with Crippen LogP contribution >= 0.6 is 0 Å². The number of amides is 2. The van der Waals surface area contributed by atoms with Gasteiger partial charge in [-0.05, 0) is 44.3 Å². The molecule has 7 nitrogen and oxygen atoms in total. The van der Waals surface area contributed by atoms with Gasteiger partial charge >= 0.3 is 0 Å². The minimum Gasteiger partial charge on any atom is -0.508 e. The Kier molecular flexibility index (Phi) is 7.20. The van der Waals surface area contributed by atoms with E-state index in [9.17, 15) is 9.59 Å². The molecule has 0 saturated heterocycles. The summed E-state index contributed by atoms with van der Waals surface area (Å²) in [5, 5.41) is 20.3. The number of phenolic OH excluding ortho intramolecular Hbond substituents is 1. The molecular formula is C14H21N3O4. The van der Waals surface area contributed by atoms with Crippen LogP contribution in [0, 0.1) is 0 Å². The van der Waals surface area contributed by atoms with E-state index in [0.29, 0.717) is 31.6 Å². The number of benzene rings is 1. The number of hydrogen-bond acceptors (Lipinski definition) is 5. The second kappa shape index (κ2) is 8.93. The van der Waals surface area contributed by atoms with Gasteiger partial charge in [-0.25, -0.2) is 5.48 Å². The van der Waals surface area contributed by atoms with Gasteiger partial charge in [0.1, 0.15) is 5.75 Å². The molecule has 0 heterocycles. The van der Waals surface area contributed by atoms with Crippen LogP contribution in [0.2, 0.25) is 0 Å². The molecule has 0 bridgehead atoms. The smallest absolute Gasteiger partial charge is 0.251 e. The number of likely N-dealkylation sites (N-methyl/N-ethyl adjacent to an activating group) is 1. The van der Waals surface area contributed by atoms with Gasteiger partial charge in [0, 0.05) is 25.1 Å². The highest BCUT2D eigenvalue weighted by atomic mass is 16.5. The van der Waals surface area contributed by atoms with Crippen molar-refractivity contribution in [3.8, 4) is 5.75 Å². The topological polar surface area (TPSA) is 102 Å². The minimum atomic E-state index is -0.399. The van der Waals surface area contributed by atoms with Gasteiger partial charge in [0.25, 0.3) is 5.91 Å². The number of rotatable bonds is 8. The van der Waals surface area contributed by atoms with E-state index in [4.69, 9.17) is 10.3 Å². The van der Waals surface area contributed by atoms with Crippen molar-refractivity contribution in [3.05, 3.63) is 29.8 Å². The normalized spacial score (nSPS) is 10.4. The van der Waals surface area contributed by atoms with Gasteiger partial charge in [0.05, 0.1) is 0 Å². The van der Waals surface area contributed by atoms with Gasteiger partial charge in [0.15, 0.2) is 0 Å². The number of nitrogens with one attached hydrogen (secondary N) is 2. The van der Waals surface area contributed by atoms with Crippen LogP contribution in [-0.4, -0.2) is 53.7 Å². The average Bonchev–Trinajstić information content (AvgIpc) is 2.47. The van der Waals surface area contributed by atoms with Crippen molar-refractivity contribution in [1.29, 1.82) is 0 Å². The van der Waals surface area contributed by atoms with Crippen LogP contribution in [0.5, 0.6) is 5.75 Å². The van der Waals surface area contributed by atoms with E-state index in [2.05, 4.69) is 5.32 Å². The fourth-order valence-electron chi connectivity index (χ4n) is 1.75. The Hall–Kier alpha value is -2.12. The van der Waals surface area contributed by atoms with Crippen molar-refractivity contribution in [2.75, 3.05) is 26.7 Å². The fraction of sp³-hybridized carbons (Fsp3) is 0.429. The Morgan fingerprint density at radius 1 is 1.19 bits per heavy atom. The van der Waals surface area contributed by atoms with Crippen LogP contribution in [-0.2, 0) is 4.79 Å². The van der Waals surface area contributed by atoms with Crippen LogP contribution in [0.1, 0.15) is 23.2 Å². The number of carbonyl (C=O) groups is 2. The third kappa shape index (κ3) is 6.73. The second-order valence-corrected chi connectivity index (χ2v) is 4.74. The zero-order valence-electron chi connectivity index (χ0n) is 12.0. The highest BCUT2D eigenvalue weighted by Gasteiger charge is 2.06. The summed E-state index contributed by atoms with van der Waals surface area (Å²) in [7, 11) is 1.89. The van der Waals surface area contributed by atoms with Crippen LogP contribution in [0.25, 0.3) is 0 Å². The van der Waals surface area contributed by atoms with E-state index in [1.165, 1.54) is 12.1 Å². The van der Waals surface area contributed by atoms with Crippen molar-refractivity contribution >= 4 is 11.8 Å². The molecule has 0 aliphatic carbocycles. The fourth-order valence-corrected chi connectivity index (χ4v) is 1.75. The molecule has 7 heteroatoms. The summed E-state index contributed by atoms with van der Waals surface area (Å²) in [6.07, 6.45) is 0.898. The summed E-state index contributed by atoms with van der Waals surface area (Å²) < 4.78 is 0. The maximum absolute atomic E-state index is 11.8. The molecule has 0 aliphatic heterocycles. The van der Waals surface area contributed by atoms with Gasteiger partial charge in [-0.3, -0.25) is 14.8 Å². The SMILES string of the molecule is CN(CCCC(=O)NO)CCNC(=O)c1ccc(O)cc1. The Morgan fingerprint density at radius 2 is 1.86 bits per heavy atom. The van der Waals surface area contributed by atoms with Gasteiger partial charge in [0.2, 0.25) is 5.91 Å². The van der Waals surface area contributed by atoms with E-state index >= 15 is 0 Å². The van der Waals surface area contributed by atoms with Crippen molar-refractivity contribution in [2.45, 2.75) is 12.8 Å². The van der Waals surface area contributed by atoms with E-state index in [0.717, 1.165) is 0 Å². The zero-order valence-corrected chi connectivity index (χ0v) is 12.0. The molecule has 1 aromatic rings. The zero-order chi connectivity index (χ0) is 15.7. The van der Waals surface area contributed by atoms with E-state index in [1.807, 2.05) is 11.9 Å². The molecule has 0 aliphatic rings. The van der Waals surface area contributed by atoms with Crippen molar-refractivity contribution in [2.24, 2.45) is 0 Å². The minimum absolute atomic E-state index is 0.123. The summed E-state index contributed by atoms with van der Waals surface area (Å²) in [6.45, 7) is 1.84. The number of nitrogens with zero attached hydrogens (tertiary/aromatic N) is 1. The molecule has 0 radical (unpaired) electrons. The molecule has 0 spiro atoms. The third-order valence-electron chi connectivity index (χ3n) is 2.98. The van der Waals surface area contributed by atoms with Crippen LogP contribution in [0.15, 0.2) is 24.3 Å². The van der Waals surface area contributed by atoms with Gasteiger partial charge in [-0.15, -0.1) is 0 Å². The number of hydroxylamine groups is 1. The van der Waals surface area contributed by atoms with Crippen LogP contribution < -0.4 is 10.8 Å². The van der Waals surface area contributed by atoms with E-state index in [-0.39, 0.29) is 18.1 Å². The molecular weight excluding hydrogens is 274 g/mol. The van der Waals surface area contributed by atoms with Gasteiger partial charge in [-0.1, -0.05) is 0 Å². The van der Waals surface area contributed by atoms with Crippen molar-refractivity contribution in [1.82, 2.24) is 15.7 Å². The second-order valence-electron chi connectivity index (χ2n) is 4.74. The summed E-state index contributed by atoms with van der Waals surface area (Å²) in [5.74, 6) is -0.467. The van der Waals surface area contributed by atoms with Crippen molar-refractivity contribution in [3.63, 3.8) is 0 Å². The third-order valence-corrected chi connectivity index (χ3v) is 2.98. The standard InChI is InChI=1S/C14H21N3O4/c1-17(9-2-3-13(19)16-21)10-8-15-14(20)11-4-6-12(18)7-5-11/h4-7,18,21H,2-3,8-10H2,1H3,(H,15,20)(H,16,19). The molecule has 21 heavy (non-hydrogen) atoms. The predicted octanol–water partition coefficient (Wildman–Crippen LogP) is 0.339. The summed E-state index contributed by atoms with van der Waals surface area (Å²) in [5.41, 5.74) is 2.08. The lowest BCUT2D eigenvalue weighted by Crippen LogP contribution is -2.33. The number of aromatic hydroxyl groups is 1. The Morgan fingerprint density at radius 3 is 2.48 bits per heavy atom. The number of phenols is 1. The van der Waals surface area contributed by atoms with E-state index in [1.54, 1.807) is 17.6 Å². The molecule has 0 aromatic heterocycles. The lowest BCUT2D eigenvalue weighted by molar-refractivity contribution is -0.129. The van der Waals surface area contributed by atoms with Gasteiger partial charge < -0.3 is 15.3 Å². The first-order valence-corrected chi connectivity index (χ1v) is 6.71. The summed E-state index contributed by atoms with van der Waals surface area (Å²) >= 11 is 0. The monoisotopic (exact) mass is 295 g/mol. The summed E-state index contributed by atoms with van der Waals surface area (Å²) in [6, 6.07) is 6.05. The molecule has 1 aromatic carbocycles. The highest BCUT2D eigenvalue weighted by molar-refractivity contribution is 5.94. The molecule has 0 saturated carbocycles. The largest absolute Gasteiger partial charge is 0.508 e. The molecule has 116 valence electrons. The van der Waals surface area contributed by atoms with Crippen LogP contribution in [0.3, 0.4) is 0 Å². The van der Waals surface area contributed by atoms with Crippen molar-refractivity contribution < 1.29 is 19.9 Å². The van der Waals surface area contributed by atoms with Crippen LogP contribution in [0.4, 0.5) is 0 Å². The number of hydrogen-bond donors (Lipinski definition) is 4. The average molecular weight is 295 g/mol. The molecule has 0 fully saturated rings. The Bertz CT molecular complexity index is 462. The lowest BCUT2D eigenvalue weighted by atomic mass is 10.2. The summed E-state index contributed by atoms with van der Waals surface area (Å²) in [4.78, 5) is 24.6. The maximum atomic E-state index is 11.8. The first-order chi connectivity index (χ1) is 10.0. The van der Waals surface area contributed by atoms with E-state index < -0.39 is 5.91 Å². The molecule has 0 unspecified atom stereocenters. The quantitative estimate of drug-likeness (QED) is 0.409. The maximum Gasteiger partial charge on any atom is 0.251 e. The van der Waals surface area contributed by atoms with Gasteiger partial charge in [-0.2, -0.15) is 0 Å². The predicted molar refractivity (Wildman–Crippen MR) is 77.1 cm³/mol. The Labute approximate surface area is 123 Å². The lowest BCUT2D eigenvalue weighted by Gasteiger charge is -2.16. The highest BCUT2D eigenvalue weighted by Crippen LogP contribution is 2.09. The molecule has 2 amide bonds. The first kappa shape index (κ1) is 16.9. The molecule has 1 rings (SSSR count).